The first kappa shape index (κ1) is 15.0. The monoisotopic (exact) mass is 285 g/mol. The maximum Gasteiger partial charge on any atom is 0.151 e. The van der Waals surface area contributed by atoms with E-state index in [4.69, 9.17) is 0 Å². The molecule has 0 bridgehead atoms. The summed E-state index contributed by atoms with van der Waals surface area (Å²) in [7, 11) is -2.78. The summed E-state index contributed by atoms with van der Waals surface area (Å²) in [5.41, 5.74) is 0. The fourth-order valence-electron chi connectivity index (χ4n) is 3.45. The van der Waals surface area contributed by atoms with Crippen molar-refractivity contribution in [3.63, 3.8) is 0 Å². The van der Waals surface area contributed by atoms with Crippen LogP contribution in [0.3, 0.4) is 0 Å². The Morgan fingerprint density at radius 1 is 1.21 bits per heavy atom. The average Bonchev–Trinajstić information content (AvgIpc) is 2.72. The summed E-state index contributed by atoms with van der Waals surface area (Å²) in [4.78, 5) is 2.36. The molecule has 0 radical (unpaired) electrons. The normalized spacial score (nSPS) is 34.5. The van der Waals surface area contributed by atoms with Crippen molar-refractivity contribution in [2.75, 3.05) is 24.6 Å². The summed E-state index contributed by atoms with van der Waals surface area (Å²) in [6.45, 7) is 8.04. The molecule has 19 heavy (non-hydrogen) atoms. The average molecular weight is 285 g/mol. The maximum absolute atomic E-state index is 11.6. The number of hydrogen-bond donors (Lipinski definition) is 0. The van der Waals surface area contributed by atoms with Crippen molar-refractivity contribution < 1.29 is 8.42 Å². The van der Waals surface area contributed by atoms with Crippen LogP contribution in [-0.2, 0) is 9.84 Å². The van der Waals surface area contributed by atoms with E-state index in [2.05, 4.69) is 18.4 Å². The van der Waals surface area contributed by atoms with Crippen molar-refractivity contribution in [3.8, 4) is 0 Å². The molecule has 2 aliphatic rings. The highest BCUT2D eigenvalue weighted by Gasteiger charge is 2.33. The summed E-state index contributed by atoms with van der Waals surface area (Å²) in [5, 5.41) is 0. The summed E-state index contributed by atoms with van der Waals surface area (Å²) in [6.07, 6.45) is 7.98. The van der Waals surface area contributed by atoms with Crippen LogP contribution in [0.5, 0.6) is 0 Å². The number of rotatable bonds is 5. The molecule has 1 saturated carbocycles. The Labute approximate surface area is 118 Å². The van der Waals surface area contributed by atoms with Crippen LogP contribution in [0.4, 0.5) is 0 Å². The van der Waals surface area contributed by atoms with Gasteiger partial charge < -0.3 is 0 Å². The topological polar surface area (TPSA) is 37.4 Å². The maximum atomic E-state index is 11.6. The minimum absolute atomic E-state index is 0.224. The van der Waals surface area contributed by atoms with E-state index in [-0.39, 0.29) is 6.04 Å². The summed E-state index contributed by atoms with van der Waals surface area (Å²) >= 11 is 0. The number of sulfone groups is 1. The predicted octanol–water partition coefficient (Wildman–Crippen LogP) is 2.49. The van der Waals surface area contributed by atoms with E-state index >= 15 is 0 Å². The van der Waals surface area contributed by atoms with Gasteiger partial charge in [0.2, 0.25) is 0 Å². The molecular formula is C15H27NO2S. The zero-order chi connectivity index (χ0) is 13.9. The Kier molecular flexibility index (Phi) is 5.07. The van der Waals surface area contributed by atoms with Crippen molar-refractivity contribution in [2.45, 2.75) is 45.1 Å². The summed E-state index contributed by atoms with van der Waals surface area (Å²) in [5.74, 6) is 2.34. The van der Waals surface area contributed by atoms with E-state index in [1.54, 1.807) is 0 Å². The first-order chi connectivity index (χ1) is 9.00. The van der Waals surface area contributed by atoms with Gasteiger partial charge in [0.05, 0.1) is 11.5 Å². The van der Waals surface area contributed by atoms with Gasteiger partial charge in [0.25, 0.3) is 0 Å². The second-order valence-corrected chi connectivity index (χ2v) is 8.65. The first-order valence-corrected chi connectivity index (χ1v) is 9.37. The Balaban J connectivity index is 1.91. The lowest BCUT2D eigenvalue weighted by atomic mass is 9.82. The quantitative estimate of drug-likeness (QED) is 0.728. The fourth-order valence-corrected chi connectivity index (χ4v) is 5.21. The van der Waals surface area contributed by atoms with Gasteiger partial charge in [-0.25, -0.2) is 8.42 Å². The molecule has 3 nitrogen and oxygen atoms in total. The van der Waals surface area contributed by atoms with Gasteiger partial charge >= 0.3 is 0 Å². The van der Waals surface area contributed by atoms with Crippen LogP contribution < -0.4 is 0 Å². The van der Waals surface area contributed by atoms with E-state index in [9.17, 15) is 8.42 Å². The molecule has 1 heterocycles. The van der Waals surface area contributed by atoms with Gasteiger partial charge in [-0.15, -0.1) is 6.58 Å². The van der Waals surface area contributed by atoms with Gasteiger partial charge in [0.15, 0.2) is 9.84 Å². The molecule has 0 aromatic heterocycles. The third-order valence-corrected chi connectivity index (χ3v) is 6.47. The number of nitrogens with zero attached hydrogens (tertiary/aromatic N) is 1. The molecular weight excluding hydrogens is 258 g/mol. The van der Waals surface area contributed by atoms with Crippen LogP contribution in [-0.4, -0.2) is 44.0 Å². The molecule has 0 amide bonds. The SMILES string of the molecule is C=CCN(CC1CCC(C)CC1)C1CCS(=O)(=O)C1. The van der Waals surface area contributed by atoms with Gasteiger partial charge in [-0.1, -0.05) is 25.8 Å². The highest BCUT2D eigenvalue weighted by molar-refractivity contribution is 7.91. The molecule has 2 rings (SSSR count). The van der Waals surface area contributed by atoms with Gasteiger partial charge in [0.1, 0.15) is 0 Å². The zero-order valence-electron chi connectivity index (χ0n) is 12.1. The third kappa shape index (κ3) is 4.32. The predicted molar refractivity (Wildman–Crippen MR) is 80.0 cm³/mol. The van der Waals surface area contributed by atoms with Crippen LogP contribution in [0, 0.1) is 11.8 Å². The third-order valence-electron chi connectivity index (χ3n) is 4.72. The van der Waals surface area contributed by atoms with E-state index in [1.807, 2.05) is 6.08 Å². The van der Waals surface area contributed by atoms with Gasteiger partial charge in [-0.05, 0) is 31.1 Å². The highest BCUT2D eigenvalue weighted by atomic mass is 32.2. The second kappa shape index (κ2) is 6.40. The zero-order valence-corrected chi connectivity index (χ0v) is 12.9. The molecule has 110 valence electrons. The highest BCUT2D eigenvalue weighted by Crippen LogP contribution is 2.30. The first-order valence-electron chi connectivity index (χ1n) is 7.55. The van der Waals surface area contributed by atoms with E-state index < -0.39 is 9.84 Å². The van der Waals surface area contributed by atoms with Crippen molar-refractivity contribution in [1.82, 2.24) is 4.90 Å². The van der Waals surface area contributed by atoms with Crippen LogP contribution >= 0.6 is 0 Å². The molecule has 4 heteroatoms. The van der Waals surface area contributed by atoms with E-state index in [0.717, 1.165) is 31.3 Å². The van der Waals surface area contributed by atoms with Crippen molar-refractivity contribution >= 4 is 9.84 Å². The van der Waals surface area contributed by atoms with Crippen LogP contribution in [0.2, 0.25) is 0 Å². The minimum atomic E-state index is -2.78. The summed E-state index contributed by atoms with van der Waals surface area (Å²) in [6, 6.07) is 0.224. The smallest absolute Gasteiger partial charge is 0.151 e. The van der Waals surface area contributed by atoms with E-state index in [1.165, 1.54) is 25.7 Å². The van der Waals surface area contributed by atoms with Crippen molar-refractivity contribution in [2.24, 2.45) is 11.8 Å². The Morgan fingerprint density at radius 3 is 2.42 bits per heavy atom. The molecule has 1 saturated heterocycles. The minimum Gasteiger partial charge on any atom is -0.295 e. The van der Waals surface area contributed by atoms with Gasteiger partial charge in [-0.2, -0.15) is 0 Å². The molecule has 1 unspecified atom stereocenters. The Bertz CT molecular complexity index is 396. The second-order valence-electron chi connectivity index (χ2n) is 6.43. The Hall–Kier alpha value is -0.350. The molecule has 1 aliphatic heterocycles. The molecule has 0 spiro atoms. The lowest BCUT2D eigenvalue weighted by molar-refractivity contribution is 0.163. The van der Waals surface area contributed by atoms with Gasteiger partial charge in [-0.3, -0.25) is 4.90 Å². The summed E-state index contributed by atoms with van der Waals surface area (Å²) < 4.78 is 23.3. The largest absolute Gasteiger partial charge is 0.295 e. The van der Waals surface area contributed by atoms with Crippen LogP contribution in [0.1, 0.15) is 39.0 Å². The van der Waals surface area contributed by atoms with Crippen LogP contribution in [0.15, 0.2) is 12.7 Å². The molecule has 0 aromatic rings. The standard InChI is InChI=1S/C15H27NO2S/c1-3-9-16(15-8-10-19(17,18)12-15)11-14-6-4-13(2)5-7-14/h3,13-15H,1,4-12H2,2H3. The molecule has 0 N–H and O–H groups in total. The fraction of sp³-hybridized carbons (Fsp3) is 0.867. The number of hydrogen-bond acceptors (Lipinski definition) is 3. The molecule has 2 fully saturated rings. The van der Waals surface area contributed by atoms with Crippen molar-refractivity contribution in [1.29, 1.82) is 0 Å². The van der Waals surface area contributed by atoms with E-state index in [0.29, 0.717) is 11.5 Å². The molecule has 1 aliphatic carbocycles. The lowest BCUT2D eigenvalue weighted by Gasteiger charge is -2.34. The lowest BCUT2D eigenvalue weighted by Crippen LogP contribution is -2.40. The van der Waals surface area contributed by atoms with Crippen molar-refractivity contribution in [3.05, 3.63) is 12.7 Å². The molecule has 1 atom stereocenters. The van der Waals surface area contributed by atoms with Crippen LogP contribution in [0.25, 0.3) is 0 Å². The molecule has 0 aromatic carbocycles. The van der Waals surface area contributed by atoms with Gasteiger partial charge in [0, 0.05) is 19.1 Å². The Morgan fingerprint density at radius 2 is 1.89 bits per heavy atom.